The summed E-state index contributed by atoms with van der Waals surface area (Å²) >= 11 is 1.02. The molecule has 0 aliphatic rings. The van der Waals surface area contributed by atoms with Crippen molar-refractivity contribution in [2.45, 2.75) is 19.7 Å². The summed E-state index contributed by atoms with van der Waals surface area (Å²) in [7, 11) is 0. The van der Waals surface area contributed by atoms with Gasteiger partial charge in [-0.3, -0.25) is 14.9 Å². The third kappa shape index (κ3) is 4.97. The number of nitrogens with zero attached hydrogens (tertiary/aromatic N) is 1. The molecule has 2 aromatic carbocycles. The molecule has 3 rings (SSSR count). The molecule has 0 atom stereocenters. The number of amides is 2. The Kier molecular flexibility index (Phi) is 5.50. The van der Waals surface area contributed by atoms with Gasteiger partial charge in [-0.05, 0) is 30.3 Å². The monoisotopic (exact) mass is 409 g/mol. The van der Waals surface area contributed by atoms with E-state index in [1.54, 1.807) is 25.1 Å². The summed E-state index contributed by atoms with van der Waals surface area (Å²) in [6.45, 7) is 1.71. The Bertz CT molecular complexity index is 1030. The van der Waals surface area contributed by atoms with Gasteiger partial charge in [-0.15, -0.1) is 13.2 Å². The second-order valence-electron chi connectivity index (χ2n) is 5.63. The van der Waals surface area contributed by atoms with Crippen LogP contribution in [-0.2, 0) is 4.79 Å². The first-order chi connectivity index (χ1) is 13.2. The van der Waals surface area contributed by atoms with Crippen molar-refractivity contribution in [1.82, 2.24) is 4.98 Å². The van der Waals surface area contributed by atoms with Gasteiger partial charge in [0.15, 0.2) is 5.13 Å². The van der Waals surface area contributed by atoms with E-state index in [1.165, 1.54) is 18.2 Å². The number of anilines is 2. The van der Waals surface area contributed by atoms with Crippen molar-refractivity contribution in [3.05, 3.63) is 48.0 Å². The number of fused-ring (bicyclic) bond motifs is 1. The SMILES string of the molecule is CCC(=O)Nc1cccc(C(=O)Nc2nc3ccc(OC(F)(F)F)cc3s2)c1. The van der Waals surface area contributed by atoms with Crippen LogP contribution in [0.5, 0.6) is 5.75 Å². The standard InChI is InChI=1S/C18H14F3N3O3S/c1-2-15(25)22-11-5-3-4-10(8-11)16(26)24-17-23-13-7-6-12(9-14(13)28-17)27-18(19,20)21/h3-9H,2H2,1H3,(H,22,25)(H,23,24,26). The Balaban J connectivity index is 1.76. The van der Waals surface area contributed by atoms with E-state index in [0.717, 1.165) is 17.4 Å². The number of rotatable bonds is 5. The van der Waals surface area contributed by atoms with Gasteiger partial charge in [0, 0.05) is 23.7 Å². The second kappa shape index (κ2) is 7.85. The van der Waals surface area contributed by atoms with Crippen molar-refractivity contribution >= 4 is 44.2 Å². The number of benzene rings is 2. The molecule has 0 bridgehead atoms. The van der Waals surface area contributed by atoms with Crippen LogP contribution >= 0.6 is 11.3 Å². The van der Waals surface area contributed by atoms with Crippen LogP contribution < -0.4 is 15.4 Å². The Labute approximate surface area is 161 Å². The molecule has 0 saturated heterocycles. The van der Waals surface area contributed by atoms with Crippen LogP contribution in [0.3, 0.4) is 0 Å². The van der Waals surface area contributed by atoms with Gasteiger partial charge in [0.25, 0.3) is 5.91 Å². The van der Waals surface area contributed by atoms with E-state index >= 15 is 0 Å². The minimum absolute atomic E-state index is 0.180. The number of halogens is 3. The molecule has 1 heterocycles. The van der Waals surface area contributed by atoms with E-state index in [1.807, 2.05) is 0 Å². The lowest BCUT2D eigenvalue weighted by Crippen LogP contribution is -2.16. The van der Waals surface area contributed by atoms with Crippen LogP contribution in [0.2, 0.25) is 0 Å². The number of hydrogen-bond acceptors (Lipinski definition) is 5. The van der Waals surface area contributed by atoms with Crippen molar-refractivity contribution in [2.75, 3.05) is 10.6 Å². The first kappa shape index (κ1) is 19.6. The minimum Gasteiger partial charge on any atom is -0.406 e. The number of thiazole rings is 1. The van der Waals surface area contributed by atoms with Gasteiger partial charge in [0.05, 0.1) is 10.2 Å². The van der Waals surface area contributed by atoms with E-state index in [9.17, 15) is 22.8 Å². The summed E-state index contributed by atoms with van der Waals surface area (Å²) in [5, 5.41) is 5.49. The van der Waals surface area contributed by atoms with Crippen LogP contribution in [0.1, 0.15) is 23.7 Å². The van der Waals surface area contributed by atoms with Crippen molar-refractivity contribution < 1.29 is 27.5 Å². The minimum atomic E-state index is -4.78. The predicted octanol–water partition coefficient (Wildman–Crippen LogP) is 4.80. The Morgan fingerprint density at radius 1 is 1.14 bits per heavy atom. The van der Waals surface area contributed by atoms with Gasteiger partial charge in [-0.1, -0.05) is 24.3 Å². The summed E-state index contributed by atoms with van der Waals surface area (Å²) in [5.41, 5.74) is 1.21. The normalized spacial score (nSPS) is 11.3. The molecule has 0 fully saturated rings. The highest BCUT2D eigenvalue weighted by atomic mass is 32.1. The molecule has 146 valence electrons. The second-order valence-corrected chi connectivity index (χ2v) is 6.66. The third-order valence-corrected chi connectivity index (χ3v) is 4.48. The zero-order valence-electron chi connectivity index (χ0n) is 14.5. The van der Waals surface area contributed by atoms with Gasteiger partial charge in [0.1, 0.15) is 5.75 Å². The molecule has 0 aliphatic carbocycles. The van der Waals surface area contributed by atoms with Crippen molar-refractivity contribution in [1.29, 1.82) is 0 Å². The molecule has 0 spiro atoms. The summed E-state index contributed by atoms with van der Waals surface area (Å²) in [6.07, 6.45) is -4.48. The molecular weight excluding hydrogens is 395 g/mol. The lowest BCUT2D eigenvalue weighted by Gasteiger charge is -2.07. The van der Waals surface area contributed by atoms with Gasteiger partial charge in [0.2, 0.25) is 5.91 Å². The fourth-order valence-corrected chi connectivity index (χ4v) is 3.20. The number of carbonyl (C=O) groups excluding carboxylic acids is 2. The highest BCUT2D eigenvalue weighted by molar-refractivity contribution is 7.22. The van der Waals surface area contributed by atoms with Crippen LogP contribution in [0, 0.1) is 0 Å². The maximum Gasteiger partial charge on any atom is 0.573 e. The number of hydrogen-bond donors (Lipinski definition) is 2. The largest absolute Gasteiger partial charge is 0.573 e. The summed E-state index contributed by atoms with van der Waals surface area (Å²) in [6, 6.07) is 10.1. The van der Waals surface area contributed by atoms with Crippen molar-refractivity contribution in [2.24, 2.45) is 0 Å². The number of nitrogens with one attached hydrogen (secondary N) is 2. The molecule has 0 unspecified atom stereocenters. The van der Waals surface area contributed by atoms with Gasteiger partial charge >= 0.3 is 6.36 Å². The van der Waals surface area contributed by atoms with E-state index in [0.29, 0.717) is 27.9 Å². The topological polar surface area (TPSA) is 80.3 Å². The summed E-state index contributed by atoms with van der Waals surface area (Å²) in [4.78, 5) is 28.1. The van der Waals surface area contributed by atoms with Gasteiger partial charge in [-0.2, -0.15) is 0 Å². The Hall–Kier alpha value is -3.14. The van der Waals surface area contributed by atoms with Crippen LogP contribution in [0.15, 0.2) is 42.5 Å². The van der Waals surface area contributed by atoms with Gasteiger partial charge < -0.3 is 10.1 Å². The first-order valence-electron chi connectivity index (χ1n) is 8.11. The molecule has 28 heavy (non-hydrogen) atoms. The highest BCUT2D eigenvalue weighted by Crippen LogP contribution is 2.31. The average Bonchev–Trinajstić information content (AvgIpc) is 3.01. The number of alkyl halides is 3. The maximum atomic E-state index is 12.4. The molecule has 0 aliphatic heterocycles. The van der Waals surface area contributed by atoms with E-state index in [4.69, 9.17) is 0 Å². The fourth-order valence-electron chi connectivity index (χ4n) is 2.31. The molecule has 1 aromatic heterocycles. The summed E-state index contributed by atoms with van der Waals surface area (Å²) < 4.78 is 41.3. The molecule has 2 N–H and O–H groups in total. The van der Waals surface area contributed by atoms with E-state index in [-0.39, 0.29) is 16.8 Å². The fraction of sp³-hybridized carbons (Fsp3) is 0.167. The van der Waals surface area contributed by atoms with Crippen LogP contribution in [0.4, 0.5) is 24.0 Å². The number of aromatic nitrogens is 1. The van der Waals surface area contributed by atoms with Gasteiger partial charge in [-0.25, -0.2) is 4.98 Å². The molecule has 6 nitrogen and oxygen atoms in total. The lowest BCUT2D eigenvalue weighted by molar-refractivity contribution is -0.274. The third-order valence-electron chi connectivity index (χ3n) is 3.54. The molecular formula is C18H14F3N3O3S. The molecule has 10 heteroatoms. The zero-order valence-corrected chi connectivity index (χ0v) is 15.3. The van der Waals surface area contributed by atoms with E-state index in [2.05, 4.69) is 20.4 Å². The Morgan fingerprint density at radius 3 is 2.64 bits per heavy atom. The average molecular weight is 409 g/mol. The Morgan fingerprint density at radius 2 is 1.93 bits per heavy atom. The van der Waals surface area contributed by atoms with E-state index < -0.39 is 12.3 Å². The molecule has 2 amide bonds. The predicted molar refractivity (Wildman–Crippen MR) is 99.6 cm³/mol. The number of ether oxygens (including phenoxy) is 1. The summed E-state index contributed by atoms with van der Waals surface area (Å²) in [5.74, 6) is -1.00. The molecule has 0 radical (unpaired) electrons. The quantitative estimate of drug-likeness (QED) is 0.635. The first-order valence-corrected chi connectivity index (χ1v) is 8.93. The van der Waals surface area contributed by atoms with Crippen molar-refractivity contribution in [3.8, 4) is 5.75 Å². The van der Waals surface area contributed by atoms with Crippen molar-refractivity contribution in [3.63, 3.8) is 0 Å². The smallest absolute Gasteiger partial charge is 0.406 e. The molecule has 3 aromatic rings. The highest BCUT2D eigenvalue weighted by Gasteiger charge is 2.31. The maximum absolute atomic E-state index is 12.4. The molecule has 0 saturated carbocycles. The zero-order chi connectivity index (χ0) is 20.3. The van der Waals surface area contributed by atoms with Crippen LogP contribution in [-0.4, -0.2) is 23.2 Å². The number of carbonyl (C=O) groups is 2. The van der Waals surface area contributed by atoms with Crippen LogP contribution in [0.25, 0.3) is 10.2 Å². The lowest BCUT2D eigenvalue weighted by atomic mass is 10.2.